The van der Waals surface area contributed by atoms with E-state index in [1.165, 1.54) is 17.3 Å². The molecule has 0 bridgehead atoms. The number of fused-ring (bicyclic) bond motifs is 1. The Morgan fingerprint density at radius 2 is 2.09 bits per heavy atom. The van der Waals surface area contributed by atoms with E-state index in [0.29, 0.717) is 6.54 Å². The van der Waals surface area contributed by atoms with Gasteiger partial charge in [0.15, 0.2) is 5.69 Å². The molecule has 0 saturated carbocycles. The van der Waals surface area contributed by atoms with Gasteiger partial charge in [0.05, 0.1) is 6.10 Å². The van der Waals surface area contributed by atoms with Crippen molar-refractivity contribution in [3.63, 3.8) is 0 Å². The minimum Gasteiger partial charge on any atom is -0.390 e. The molecule has 2 heterocycles. The molecule has 2 aromatic rings. The zero-order chi connectivity index (χ0) is 16.1. The lowest BCUT2D eigenvalue weighted by Gasteiger charge is -2.30. The highest BCUT2D eigenvalue weighted by Crippen LogP contribution is 2.18. The number of rotatable bonds is 5. The fourth-order valence-corrected chi connectivity index (χ4v) is 2.80. The van der Waals surface area contributed by atoms with Crippen LogP contribution in [0.25, 0.3) is 0 Å². The van der Waals surface area contributed by atoms with Gasteiger partial charge in [-0.3, -0.25) is 9.69 Å². The van der Waals surface area contributed by atoms with Gasteiger partial charge in [0.1, 0.15) is 0 Å². The van der Waals surface area contributed by atoms with Gasteiger partial charge in [-0.15, -0.1) is 5.10 Å². The number of nitrogens with one attached hydrogen (secondary N) is 1. The van der Waals surface area contributed by atoms with Crippen molar-refractivity contribution < 1.29 is 9.90 Å². The second-order valence-corrected chi connectivity index (χ2v) is 5.73. The van der Waals surface area contributed by atoms with Crippen LogP contribution in [0.5, 0.6) is 0 Å². The molecular weight excluding hydrogens is 292 g/mol. The van der Waals surface area contributed by atoms with Crippen LogP contribution in [0.3, 0.4) is 0 Å². The van der Waals surface area contributed by atoms with Crippen molar-refractivity contribution in [1.29, 1.82) is 0 Å². The molecule has 1 amide bonds. The van der Waals surface area contributed by atoms with Crippen molar-refractivity contribution in [1.82, 2.24) is 20.4 Å². The minimum atomic E-state index is -0.610. The molecule has 0 aliphatic carbocycles. The molecule has 1 aromatic carbocycles. The van der Waals surface area contributed by atoms with Crippen molar-refractivity contribution in [2.45, 2.75) is 19.1 Å². The summed E-state index contributed by atoms with van der Waals surface area (Å²) in [5.74, 6) is -0.318. The molecule has 2 N–H and O–H groups in total. The van der Waals surface area contributed by atoms with Gasteiger partial charge in [-0.25, -0.2) is 0 Å². The first-order valence-electron chi connectivity index (χ1n) is 7.75. The highest BCUT2D eigenvalue weighted by molar-refractivity contribution is 5.91. The number of carbonyl (C=O) groups excluding carboxylic acids is 1. The maximum absolute atomic E-state index is 11.9. The SMILES string of the molecule is O=C(NC[C@H](O)CN1CCc2ccccc2C1)c1cccnn1. The van der Waals surface area contributed by atoms with Crippen LogP contribution in [0.15, 0.2) is 42.6 Å². The van der Waals surface area contributed by atoms with E-state index in [1.54, 1.807) is 12.1 Å². The zero-order valence-electron chi connectivity index (χ0n) is 12.9. The Morgan fingerprint density at radius 3 is 2.87 bits per heavy atom. The van der Waals surface area contributed by atoms with Crippen molar-refractivity contribution in [2.24, 2.45) is 0 Å². The molecule has 23 heavy (non-hydrogen) atoms. The molecule has 1 atom stereocenters. The molecule has 1 aliphatic rings. The molecular formula is C17H20N4O2. The highest BCUT2D eigenvalue weighted by Gasteiger charge is 2.19. The van der Waals surface area contributed by atoms with Crippen LogP contribution in [0, 0.1) is 0 Å². The zero-order valence-corrected chi connectivity index (χ0v) is 12.9. The van der Waals surface area contributed by atoms with E-state index < -0.39 is 6.10 Å². The van der Waals surface area contributed by atoms with Gasteiger partial charge < -0.3 is 10.4 Å². The van der Waals surface area contributed by atoms with Gasteiger partial charge in [0.2, 0.25) is 0 Å². The molecule has 1 aromatic heterocycles. The predicted octanol–water partition coefficient (Wildman–Crippen LogP) is 0.626. The fourth-order valence-electron chi connectivity index (χ4n) is 2.80. The molecule has 0 spiro atoms. The van der Waals surface area contributed by atoms with E-state index in [4.69, 9.17) is 0 Å². The average molecular weight is 312 g/mol. The third kappa shape index (κ3) is 4.12. The van der Waals surface area contributed by atoms with Gasteiger partial charge in [0, 0.05) is 32.4 Å². The number of hydrogen-bond donors (Lipinski definition) is 2. The summed E-state index contributed by atoms with van der Waals surface area (Å²) >= 11 is 0. The molecule has 0 saturated heterocycles. The number of β-amino-alcohol motifs (C(OH)–C–C–N with tert-alkyl or cyclic N) is 1. The van der Waals surface area contributed by atoms with Crippen molar-refractivity contribution >= 4 is 5.91 Å². The van der Waals surface area contributed by atoms with Gasteiger partial charge in [-0.1, -0.05) is 24.3 Å². The number of aliphatic hydroxyl groups excluding tert-OH is 1. The van der Waals surface area contributed by atoms with Gasteiger partial charge in [-0.2, -0.15) is 5.10 Å². The molecule has 0 unspecified atom stereocenters. The quantitative estimate of drug-likeness (QED) is 0.846. The standard InChI is InChI=1S/C17H20N4O2/c22-15(10-18-17(23)16-6-3-8-19-20-16)12-21-9-7-13-4-1-2-5-14(13)11-21/h1-6,8,15,22H,7,9-12H2,(H,18,23)/t15-/m0/s1. The Balaban J connectivity index is 1.47. The van der Waals surface area contributed by atoms with E-state index in [2.05, 4.69) is 38.6 Å². The Morgan fingerprint density at radius 1 is 1.26 bits per heavy atom. The maximum atomic E-state index is 11.9. The number of amides is 1. The average Bonchev–Trinajstić information content (AvgIpc) is 2.60. The summed E-state index contributed by atoms with van der Waals surface area (Å²) in [5, 5.41) is 20.3. The van der Waals surface area contributed by atoms with E-state index in [-0.39, 0.29) is 18.1 Å². The van der Waals surface area contributed by atoms with Crippen LogP contribution in [-0.2, 0) is 13.0 Å². The van der Waals surface area contributed by atoms with E-state index >= 15 is 0 Å². The van der Waals surface area contributed by atoms with E-state index in [0.717, 1.165) is 19.5 Å². The topological polar surface area (TPSA) is 78.4 Å². The predicted molar refractivity (Wildman–Crippen MR) is 85.8 cm³/mol. The van der Waals surface area contributed by atoms with Crippen LogP contribution in [0.1, 0.15) is 21.6 Å². The summed E-state index contributed by atoms with van der Waals surface area (Å²) in [7, 11) is 0. The fraction of sp³-hybridized carbons (Fsp3) is 0.353. The van der Waals surface area contributed by atoms with Gasteiger partial charge in [0.25, 0.3) is 5.91 Å². The summed E-state index contributed by atoms with van der Waals surface area (Å²) < 4.78 is 0. The Hall–Kier alpha value is -2.31. The molecule has 6 nitrogen and oxygen atoms in total. The van der Waals surface area contributed by atoms with Crippen LogP contribution in [-0.4, -0.2) is 51.8 Å². The summed E-state index contributed by atoms with van der Waals surface area (Å²) in [5.41, 5.74) is 2.95. The lowest BCUT2D eigenvalue weighted by atomic mass is 10.00. The molecule has 0 radical (unpaired) electrons. The maximum Gasteiger partial charge on any atom is 0.271 e. The number of nitrogens with zero attached hydrogens (tertiary/aromatic N) is 3. The van der Waals surface area contributed by atoms with Crippen LogP contribution >= 0.6 is 0 Å². The molecule has 6 heteroatoms. The summed E-state index contributed by atoms with van der Waals surface area (Å²) in [6, 6.07) is 11.6. The summed E-state index contributed by atoms with van der Waals surface area (Å²) in [4.78, 5) is 14.1. The summed E-state index contributed by atoms with van der Waals surface area (Å²) in [6.45, 7) is 2.50. The number of carbonyl (C=O) groups is 1. The molecule has 1 aliphatic heterocycles. The molecule has 0 fully saturated rings. The normalized spacial score (nSPS) is 15.7. The van der Waals surface area contributed by atoms with Crippen LogP contribution in [0.4, 0.5) is 0 Å². The van der Waals surface area contributed by atoms with E-state index in [9.17, 15) is 9.90 Å². The monoisotopic (exact) mass is 312 g/mol. The first-order valence-corrected chi connectivity index (χ1v) is 7.75. The largest absolute Gasteiger partial charge is 0.390 e. The molecule has 3 rings (SSSR count). The van der Waals surface area contributed by atoms with Crippen molar-refractivity contribution in [3.8, 4) is 0 Å². The van der Waals surface area contributed by atoms with Crippen molar-refractivity contribution in [2.75, 3.05) is 19.6 Å². The first-order chi connectivity index (χ1) is 11.2. The third-order valence-electron chi connectivity index (χ3n) is 3.98. The van der Waals surface area contributed by atoms with Crippen molar-refractivity contribution in [3.05, 3.63) is 59.4 Å². The minimum absolute atomic E-state index is 0.202. The third-order valence-corrected chi connectivity index (χ3v) is 3.98. The Kier molecular flexibility index (Phi) is 4.95. The number of hydrogen-bond acceptors (Lipinski definition) is 5. The second-order valence-electron chi connectivity index (χ2n) is 5.73. The first kappa shape index (κ1) is 15.6. The lowest BCUT2D eigenvalue weighted by molar-refractivity contribution is 0.0837. The van der Waals surface area contributed by atoms with Crippen LogP contribution in [0.2, 0.25) is 0 Å². The Bertz CT molecular complexity index is 663. The molecule has 120 valence electrons. The second kappa shape index (κ2) is 7.30. The van der Waals surface area contributed by atoms with Gasteiger partial charge in [-0.05, 0) is 29.7 Å². The van der Waals surface area contributed by atoms with Gasteiger partial charge >= 0.3 is 0 Å². The van der Waals surface area contributed by atoms with E-state index in [1.807, 2.05) is 6.07 Å². The smallest absolute Gasteiger partial charge is 0.271 e. The van der Waals surface area contributed by atoms with Crippen LogP contribution < -0.4 is 5.32 Å². The summed E-state index contributed by atoms with van der Waals surface area (Å²) in [6.07, 6.45) is 1.90. The highest BCUT2D eigenvalue weighted by atomic mass is 16.3. The number of aromatic nitrogens is 2. The lowest BCUT2D eigenvalue weighted by Crippen LogP contribution is -2.42. The number of aliphatic hydroxyl groups is 1. The number of benzene rings is 1. The Labute approximate surface area is 135 Å².